The summed E-state index contributed by atoms with van der Waals surface area (Å²) in [5.41, 5.74) is 2.18. The molecule has 1 atom stereocenters. The van der Waals surface area contributed by atoms with Crippen LogP contribution in [-0.2, 0) is 22.4 Å². The third-order valence-electron chi connectivity index (χ3n) is 3.36. The number of ether oxygens (including phenoxy) is 1. The monoisotopic (exact) mass is 236 g/mol. The van der Waals surface area contributed by atoms with Crippen LogP contribution in [0.2, 0.25) is 0 Å². The number of nitrogens with zero attached hydrogens (tertiary/aromatic N) is 2. The molecule has 17 heavy (non-hydrogen) atoms. The predicted molar refractivity (Wildman–Crippen MR) is 64.8 cm³/mol. The average molecular weight is 236 g/mol. The van der Waals surface area contributed by atoms with Crippen LogP contribution in [0.15, 0.2) is 6.07 Å². The second-order valence-electron chi connectivity index (χ2n) is 4.58. The van der Waals surface area contributed by atoms with Gasteiger partial charge in [0, 0.05) is 5.69 Å². The lowest BCUT2D eigenvalue weighted by Gasteiger charge is -2.16. The Labute approximate surface area is 102 Å². The minimum atomic E-state index is -0.213. The molecule has 0 spiro atoms. The van der Waals surface area contributed by atoms with Crippen LogP contribution in [0.1, 0.15) is 44.1 Å². The van der Waals surface area contributed by atoms with Gasteiger partial charge in [-0.15, -0.1) is 0 Å². The Morgan fingerprint density at radius 1 is 1.53 bits per heavy atom. The zero-order valence-corrected chi connectivity index (χ0v) is 10.8. The van der Waals surface area contributed by atoms with Crippen molar-refractivity contribution in [2.75, 3.05) is 7.11 Å². The third-order valence-corrected chi connectivity index (χ3v) is 3.36. The lowest BCUT2D eigenvalue weighted by molar-refractivity contribution is -0.145. The number of aromatic nitrogens is 2. The molecule has 0 bridgehead atoms. The first-order chi connectivity index (χ1) is 8.21. The highest BCUT2D eigenvalue weighted by Gasteiger charge is 2.39. The standard InChI is InChI=1S/C13H20N2O2/c1-4-10-8-11(5-2)15(14-10)12(9-6-7-9)13(16)17-3/h8-9,12H,4-7H2,1-3H3. The number of methoxy groups -OCH3 is 1. The summed E-state index contributed by atoms with van der Waals surface area (Å²) in [5.74, 6) is 0.255. The van der Waals surface area contributed by atoms with E-state index in [0.29, 0.717) is 5.92 Å². The van der Waals surface area contributed by atoms with Crippen LogP contribution in [0.25, 0.3) is 0 Å². The molecule has 94 valence electrons. The Hall–Kier alpha value is -1.32. The topological polar surface area (TPSA) is 44.1 Å². The zero-order chi connectivity index (χ0) is 12.4. The minimum absolute atomic E-state index is 0.159. The smallest absolute Gasteiger partial charge is 0.330 e. The highest BCUT2D eigenvalue weighted by atomic mass is 16.5. The van der Waals surface area contributed by atoms with Crippen molar-refractivity contribution >= 4 is 5.97 Å². The second kappa shape index (κ2) is 4.90. The summed E-state index contributed by atoms with van der Waals surface area (Å²) in [7, 11) is 1.45. The molecule has 1 aliphatic rings. The van der Waals surface area contributed by atoms with Crippen molar-refractivity contribution in [2.24, 2.45) is 5.92 Å². The number of aryl methyl sites for hydroxylation is 2. The SMILES string of the molecule is CCc1cc(CC)n(C(C(=O)OC)C2CC2)n1. The molecule has 0 aliphatic heterocycles. The lowest BCUT2D eigenvalue weighted by atomic mass is 10.1. The van der Waals surface area contributed by atoms with Crippen molar-refractivity contribution in [2.45, 2.75) is 45.6 Å². The van der Waals surface area contributed by atoms with Gasteiger partial charge in [0.15, 0.2) is 6.04 Å². The number of esters is 1. The van der Waals surface area contributed by atoms with Crippen LogP contribution in [0, 0.1) is 5.92 Å². The number of rotatable bonds is 5. The third kappa shape index (κ3) is 2.35. The van der Waals surface area contributed by atoms with Gasteiger partial charge < -0.3 is 4.74 Å². The van der Waals surface area contributed by atoms with Crippen LogP contribution in [-0.4, -0.2) is 22.9 Å². The molecule has 1 aromatic heterocycles. The normalized spacial score (nSPS) is 16.9. The van der Waals surface area contributed by atoms with Crippen LogP contribution in [0.4, 0.5) is 0 Å². The van der Waals surface area contributed by atoms with Crippen molar-refractivity contribution in [3.63, 3.8) is 0 Å². The fraction of sp³-hybridized carbons (Fsp3) is 0.692. The van der Waals surface area contributed by atoms with Crippen molar-refractivity contribution < 1.29 is 9.53 Å². The maximum absolute atomic E-state index is 11.9. The summed E-state index contributed by atoms with van der Waals surface area (Å²) in [5, 5.41) is 4.55. The van der Waals surface area contributed by atoms with Gasteiger partial charge in [-0.25, -0.2) is 4.79 Å². The Morgan fingerprint density at radius 3 is 2.71 bits per heavy atom. The van der Waals surface area contributed by atoms with Gasteiger partial charge in [-0.3, -0.25) is 4.68 Å². The molecule has 0 amide bonds. The van der Waals surface area contributed by atoms with Crippen molar-refractivity contribution in [3.8, 4) is 0 Å². The van der Waals surface area contributed by atoms with Gasteiger partial charge in [0.25, 0.3) is 0 Å². The van der Waals surface area contributed by atoms with Gasteiger partial charge in [0.2, 0.25) is 0 Å². The molecule has 1 unspecified atom stereocenters. The first kappa shape index (κ1) is 12.1. The molecule has 1 aliphatic carbocycles. The summed E-state index contributed by atoms with van der Waals surface area (Å²) in [6.45, 7) is 4.17. The van der Waals surface area contributed by atoms with Gasteiger partial charge in [0.1, 0.15) is 0 Å². The number of hydrogen-bond donors (Lipinski definition) is 0. The molecule has 4 heteroatoms. The minimum Gasteiger partial charge on any atom is -0.467 e. The van der Waals surface area contributed by atoms with E-state index in [1.165, 1.54) is 7.11 Å². The van der Waals surface area contributed by atoms with Crippen LogP contribution in [0.5, 0.6) is 0 Å². The zero-order valence-electron chi connectivity index (χ0n) is 10.8. The molecule has 0 N–H and O–H groups in total. The second-order valence-corrected chi connectivity index (χ2v) is 4.58. The van der Waals surface area contributed by atoms with Gasteiger partial charge in [0.05, 0.1) is 12.8 Å². The summed E-state index contributed by atoms with van der Waals surface area (Å²) in [6.07, 6.45) is 4.00. The summed E-state index contributed by atoms with van der Waals surface area (Å²) >= 11 is 0. The number of hydrogen-bond acceptors (Lipinski definition) is 3. The maximum atomic E-state index is 11.9. The van der Waals surface area contributed by atoms with E-state index in [9.17, 15) is 4.79 Å². The molecule has 1 heterocycles. The molecule has 1 fully saturated rings. The van der Waals surface area contributed by atoms with Gasteiger partial charge >= 0.3 is 5.97 Å². The molecular weight excluding hydrogens is 216 g/mol. The fourth-order valence-corrected chi connectivity index (χ4v) is 2.19. The van der Waals surface area contributed by atoms with Gasteiger partial charge in [-0.1, -0.05) is 13.8 Å². The Balaban J connectivity index is 2.34. The quantitative estimate of drug-likeness (QED) is 0.736. The van der Waals surface area contributed by atoms with E-state index in [4.69, 9.17) is 4.74 Å². The van der Waals surface area contributed by atoms with E-state index in [1.54, 1.807) is 0 Å². The number of carbonyl (C=O) groups is 1. The van der Waals surface area contributed by atoms with Gasteiger partial charge in [-0.05, 0) is 37.7 Å². The highest BCUT2D eigenvalue weighted by molar-refractivity contribution is 5.75. The molecule has 1 saturated carbocycles. The fourth-order valence-electron chi connectivity index (χ4n) is 2.19. The predicted octanol–water partition coefficient (Wildman–Crippen LogP) is 2.13. The van der Waals surface area contributed by atoms with E-state index in [0.717, 1.165) is 37.1 Å². The van der Waals surface area contributed by atoms with Crippen molar-refractivity contribution in [1.82, 2.24) is 9.78 Å². The molecule has 4 nitrogen and oxygen atoms in total. The van der Waals surface area contributed by atoms with E-state index < -0.39 is 0 Å². The average Bonchev–Trinajstić information content (AvgIpc) is 3.09. The van der Waals surface area contributed by atoms with Crippen molar-refractivity contribution in [1.29, 1.82) is 0 Å². The van der Waals surface area contributed by atoms with Crippen LogP contribution < -0.4 is 0 Å². The largest absolute Gasteiger partial charge is 0.467 e. The van der Waals surface area contributed by atoms with Gasteiger partial charge in [-0.2, -0.15) is 5.10 Å². The summed E-state index contributed by atoms with van der Waals surface area (Å²) in [4.78, 5) is 11.9. The molecule has 1 aromatic rings. The Bertz CT molecular complexity index is 408. The first-order valence-corrected chi connectivity index (χ1v) is 6.36. The Morgan fingerprint density at radius 2 is 2.24 bits per heavy atom. The van der Waals surface area contributed by atoms with E-state index in [-0.39, 0.29) is 12.0 Å². The molecular formula is C13H20N2O2. The van der Waals surface area contributed by atoms with Crippen molar-refractivity contribution in [3.05, 3.63) is 17.5 Å². The molecule has 2 rings (SSSR count). The van der Waals surface area contributed by atoms with E-state index in [2.05, 4.69) is 25.0 Å². The van der Waals surface area contributed by atoms with E-state index >= 15 is 0 Å². The first-order valence-electron chi connectivity index (χ1n) is 6.36. The van der Waals surface area contributed by atoms with Crippen LogP contribution >= 0.6 is 0 Å². The molecule has 0 aromatic carbocycles. The summed E-state index contributed by atoms with van der Waals surface area (Å²) < 4.78 is 6.80. The maximum Gasteiger partial charge on any atom is 0.330 e. The Kier molecular flexibility index (Phi) is 3.50. The number of carbonyl (C=O) groups excluding carboxylic acids is 1. The van der Waals surface area contributed by atoms with Crippen LogP contribution in [0.3, 0.4) is 0 Å². The molecule has 0 radical (unpaired) electrons. The molecule has 0 saturated heterocycles. The lowest BCUT2D eigenvalue weighted by Crippen LogP contribution is -2.25. The van der Waals surface area contributed by atoms with E-state index in [1.807, 2.05) is 4.68 Å². The highest BCUT2D eigenvalue weighted by Crippen LogP contribution is 2.40. The summed E-state index contributed by atoms with van der Waals surface area (Å²) in [6, 6.07) is 1.88.